The van der Waals surface area contributed by atoms with Gasteiger partial charge in [0.15, 0.2) is 6.29 Å². The molecule has 5 nitrogen and oxygen atoms in total. The van der Waals surface area contributed by atoms with E-state index in [2.05, 4.69) is 13.2 Å². The summed E-state index contributed by atoms with van der Waals surface area (Å²) in [5, 5.41) is 19.2. The molecule has 1 aliphatic rings. The fraction of sp³-hybridized carbons (Fsp3) is 0.636. The van der Waals surface area contributed by atoms with Crippen LogP contribution in [0.15, 0.2) is 25.3 Å². The molecule has 1 rings (SSSR count). The summed E-state index contributed by atoms with van der Waals surface area (Å²) in [6, 6.07) is 0. The van der Waals surface area contributed by atoms with Crippen LogP contribution in [-0.2, 0) is 14.2 Å². The van der Waals surface area contributed by atoms with Crippen LogP contribution in [0.1, 0.15) is 0 Å². The van der Waals surface area contributed by atoms with Gasteiger partial charge in [-0.05, 0) is 0 Å². The van der Waals surface area contributed by atoms with E-state index in [1.165, 1.54) is 0 Å². The summed E-state index contributed by atoms with van der Waals surface area (Å²) < 4.78 is 15.6. The van der Waals surface area contributed by atoms with Crippen molar-refractivity contribution in [3.63, 3.8) is 0 Å². The molecule has 16 heavy (non-hydrogen) atoms. The van der Waals surface area contributed by atoms with Crippen LogP contribution in [0.25, 0.3) is 0 Å². The Morgan fingerprint density at radius 3 is 2.44 bits per heavy atom. The molecule has 1 heterocycles. The van der Waals surface area contributed by atoms with Gasteiger partial charge in [-0.2, -0.15) is 0 Å². The highest BCUT2D eigenvalue weighted by atomic mass is 16.7. The van der Waals surface area contributed by atoms with E-state index in [9.17, 15) is 10.2 Å². The average Bonchev–Trinajstić information content (AvgIpc) is 2.55. The largest absolute Gasteiger partial charge is 0.387 e. The third-order valence-corrected chi connectivity index (χ3v) is 2.21. The maximum atomic E-state index is 9.64. The molecule has 0 aromatic carbocycles. The molecule has 0 radical (unpaired) electrons. The molecule has 1 aliphatic heterocycles. The summed E-state index contributed by atoms with van der Waals surface area (Å²) in [5.41, 5.74) is 0. The zero-order valence-corrected chi connectivity index (χ0v) is 9.12. The molecule has 0 amide bonds. The van der Waals surface area contributed by atoms with Gasteiger partial charge in [-0.3, -0.25) is 0 Å². The Labute approximate surface area is 94.9 Å². The molecule has 1 fully saturated rings. The van der Waals surface area contributed by atoms with Gasteiger partial charge < -0.3 is 24.4 Å². The smallest absolute Gasteiger partial charge is 0.187 e. The lowest BCUT2D eigenvalue weighted by atomic mass is 10.1. The summed E-state index contributed by atoms with van der Waals surface area (Å²) in [4.78, 5) is 0. The van der Waals surface area contributed by atoms with Crippen LogP contribution >= 0.6 is 0 Å². The van der Waals surface area contributed by atoms with Crippen LogP contribution in [0.5, 0.6) is 0 Å². The first-order valence-electron chi connectivity index (χ1n) is 5.13. The van der Waals surface area contributed by atoms with Crippen LogP contribution in [0.3, 0.4) is 0 Å². The number of hydrogen-bond acceptors (Lipinski definition) is 5. The average molecular weight is 230 g/mol. The standard InChI is InChI=1S/C11H18O5/c1-3-5-14-7-8-9(12)10(13)11(16-8)15-6-4-2/h3-4,8-13H,1-2,5-7H2/t8-,9+,10-,11?/m1/s1. The second-order valence-electron chi connectivity index (χ2n) is 3.47. The van der Waals surface area contributed by atoms with E-state index in [-0.39, 0.29) is 13.2 Å². The Morgan fingerprint density at radius 2 is 1.81 bits per heavy atom. The fourth-order valence-corrected chi connectivity index (χ4v) is 1.42. The molecule has 0 bridgehead atoms. The van der Waals surface area contributed by atoms with Crippen molar-refractivity contribution < 1.29 is 24.4 Å². The molecule has 1 saturated heterocycles. The predicted octanol–water partition coefficient (Wildman–Crippen LogP) is -0.162. The lowest BCUT2D eigenvalue weighted by molar-refractivity contribution is -0.164. The van der Waals surface area contributed by atoms with Crippen LogP contribution < -0.4 is 0 Å². The Balaban J connectivity index is 2.37. The van der Waals surface area contributed by atoms with Gasteiger partial charge in [0.2, 0.25) is 0 Å². The molecule has 1 unspecified atom stereocenters. The number of hydrogen-bond donors (Lipinski definition) is 2. The van der Waals surface area contributed by atoms with E-state index in [1.54, 1.807) is 12.2 Å². The van der Waals surface area contributed by atoms with Gasteiger partial charge in [-0.1, -0.05) is 12.2 Å². The molecule has 2 N–H and O–H groups in total. The minimum absolute atomic E-state index is 0.193. The maximum absolute atomic E-state index is 9.64. The highest BCUT2D eigenvalue weighted by molar-refractivity contribution is 4.87. The third-order valence-electron chi connectivity index (χ3n) is 2.21. The van der Waals surface area contributed by atoms with E-state index >= 15 is 0 Å². The molecule has 0 saturated carbocycles. The van der Waals surface area contributed by atoms with E-state index in [4.69, 9.17) is 14.2 Å². The molecule has 0 aromatic rings. The van der Waals surface area contributed by atoms with Crippen molar-refractivity contribution in [2.45, 2.75) is 24.6 Å². The summed E-state index contributed by atoms with van der Waals surface area (Å²) in [5.74, 6) is 0. The molecular formula is C11H18O5. The molecule has 4 atom stereocenters. The highest BCUT2D eigenvalue weighted by Gasteiger charge is 2.43. The van der Waals surface area contributed by atoms with Crippen molar-refractivity contribution in [1.29, 1.82) is 0 Å². The summed E-state index contributed by atoms with van der Waals surface area (Å²) in [6.07, 6.45) is -0.319. The van der Waals surface area contributed by atoms with E-state index in [0.717, 1.165) is 0 Å². The van der Waals surface area contributed by atoms with Crippen molar-refractivity contribution in [2.75, 3.05) is 19.8 Å². The summed E-state index contributed by atoms with van der Waals surface area (Å²) >= 11 is 0. The quantitative estimate of drug-likeness (QED) is 0.470. The first-order valence-corrected chi connectivity index (χ1v) is 5.13. The van der Waals surface area contributed by atoms with Crippen LogP contribution in [-0.4, -0.2) is 54.6 Å². The third kappa shape index (κ3) is 3.40. The van der Waals surface area contributed by atoms with Gasteiger partial charge in [0.05, 0.1) is 19.8 Å². The minimum Gasteiger partial charge on any atom is -0.387 e. The number of ether oxygens (including phenoxy) is 3. The Morgan fingerprint density at radius 1 is 1.12 bits per heavy atom. The molecule has 92 valence electrons. The monoisotopic (exact) mass is 230 g/mol. The Hall–Kier alpha value is -0.720. The van der Waals surface area contributed by atoms with E-state index < -0.39 is 24.6 Å². The van der Waals surface area contributed by atoms with Crippen molar-refractivity contribution >= 4 is 0 Å². The normalized spacial score (nSPS) is 33.9. The second kappa shape index (κ2) is 6.78. The number of aliphatic hydroxyl groups excluding tert-OH is 2. The zero-order chi connectivity index (χ0) is 12.0. The Bertz CT molecular complexity index is 230. The van der Waals surface area contributed by atoms with Gasteiger partial charge in [-0.15, -0.1) is 13.2 Å². The minimum atomic E-state index is -1.06. The van der Waals surface area contributed by atoms with Gasteiger partial charge in [0, 0.05) is 0 Å². The van der Waals surface area contributed by atoms with Gasteiger partial charge in [0.1, 0.15) is 18.3 Å². The molecular weight excluding hydrogens is 212 g/mol. The molecule has 5 heteroatoms. The summed E-state index contributed by atoms with van der Waals surface area (Å²) in [7, 11) is 0. The van der Waals surface area contributed by atoms with Crippen molar-refractivity contribution in [3.05, 3.63) is 25.3 Å². The molecule has 0 aromatic heterocycles. The van der Waals surface area contributed by atoms with Crippen LogP contribution in [0.2, 0.25) is 0 Å². The zero-order valence-electron chi connectivity index (χ0n) is 9.12. The molecule has 0 aliphatic carbocycles. The summed E-state index contributed by atoms with van der Waals surface area (Å²) in [6.45, 7) is 7.81. The lowest BCUT2D eigenvalue weighted by Crippen LogP contribution is -2.35. The first kappa shape index (κ1) is 13.3. The van der Waals surface area contributed by atoms with E-state index in [1.807, 2.05) is 0 Å². The number of rotatable bonds is 7. The lowest BCUT2D eigenvalue weighted by Gasteiger charge is -2.13. The SMILES string of the molecule is C=CCOC[C@H]1OC(OCC=C)[C@H](O)[C@H]1O. The fourth-order valence-electron chi connectivity index (χ4n) is 1.42. The van der Waals surface area contributed by atoms with Crippen LogP contribution in [0.4, 0.5) is 0 Å². The Kier molecular flexibility index (Phi) is 5.65. The molecule has 0 spiro atoms. The van der Waals surface area contributed by atoms with Gasteiger partial charge >= 0.3 is 0 Å². The maximum Gasteiger partial charge on any atom is 0.187 e. The van der Waals surface area contributed by atoms with E-state index in [0.29, 0.717) is 6.61 Å². The van der Waals surface area contributed by atoms with Crippen molar-refractivity contribution in [2.24, 2.45) is 0 Å². The van der Waals surface area contributed by atoms with Gasteiger partial charge in [-0.25, -0.2) is 0 Å². The number of aliphatic hydroxyl groups is 2. The topological polar surface area (TPSA) is 68.2 Å². The van der Waals surface area contributed by atoms with Crippen molar-refractivity contribution in [1.82, 2.24) is 0 Å². The second-order valence-corrected chi connectivity index (χ2v) is 3.47. The van der Waals surface area contributed by atoms with Crippen molar-refractivity contribution in [3.8, 4) is 0 Å². The first-order chi connectivity index (χ1) is 7.70. The van der Waals surface area contributed by atoms with Gasteiger partial charge in [0.25, 0.3) is 0 Å². The van der Waals surface area contributed by atoms with Crippen LogP contribution in [0, 0.1) is 0 Å². The highest BCUT2D eigenvalue weighted by Crippen LogP contribution is 2.22. The predicted molar refractivity (Wildman–Crippen MR) is 57.8 cm³/mol.